The average molecular weight is 289 g/mol. The molecule has 1 atom stereocenters. The van der Waals surface area contributed by atoms with E-state index in [1.165, 1.54) is 0 Å². The van der Waals surface area contributed by atoms with Crippen molar-refractivity contribution in [3.05, 3.63) is 35.9 Å². The second-order valence-corrected chi connectivity index (χ2v) is 6.03. The Kier molecular flexibility index (Phi) is 3.57. The van der Waals surface area contributed by atoms with Crippen LogP contribution in [0.2, 0.25) is 0 Å². The van der Waals surface area contributed by atoms with E-state index >= 15 is 0 Å². The molecule has 5 heteroatoms. The molecule has 1 saturated carbocycles. The number of hydrogen-bond acceptors (Lipinski definition) is 3. The number of nitrogens with zero attached hydrogens (tertiary/aromatic N) is 1. The molecule has 21 heavy (non-hydrogen) atoms. The number of benzene rings is 1. The summed E-state index contributed by atoms with van der Waals surface area (Å²) in [6.45, 7) is 1.00. The van der Waals surface area contributed by atoms with E-state index in [-0.39, 0.29) is 18.6 Å². The van der Waals surface area contributed by atoms with Gasteiger partial charge in [0.25, 0.3) is 0 Å². The second kappa shape index (κ2) is 5.39. The summed E-state index contributed by atoms with van der Waals surface area (Å²) in [6, 6.07) is 9.48. The van der Waals surface area contributed by atoms with Crippen LogP contribution in [0.5, 0.6) is 0 Å². The van der Waals surface area contributed by atoms with Crippen LogP contribution in [0.25, 0.3) is 0 Å². The first-order valence-electron chi connectivity index (χ1n) is 7.29. The molecule has 1 N–H and O–H groups in total. The first kappa shape index (κ1) is 13.9. The van der Waals surface area contributed by atoms with Gasteiger partial charge in [-0.1, -0.05) is 36.8 Å². The molecule has 112 valence electrons. The molecule has 1 aliphatic heterocycles. The lowest BCUT2D eigenvalue weighted by Crippen LogP contribution is -2.41. The van der Waals surface area contributed by atoms with Gasteiger partial charge in [0, 0.05) is 18.5 Å². The number of rotatable bonds is 3. The Labute approximate surface area is 123 Å². The van der Waals surface area contributed by atoms with Gasteiger partial charge in [-0.15, -0.1) is 0 Å². The predicted molar refractivity (Wildman–Crippen MR) is 75.6 cm³/mol. The highest BCUT2D eigenvalue weighted by Crippen LogP contribution is 2.51. The van der Waals surface area contributed by atoms with Gasteiger partial charge in [-0.25, -0.2) is 4.79 Å². The van der Waals surface area contributed by atoms with Gasteiger partial charge in [0.2, 0.25) is 0 Å². The molecular formula is C16H19NO4. The van der Waals surface area contributed by atoms with E-state index in [9.17, 15) is 14.7 Å². The highest BCUT2D eigenvalue weighted by molar-refractivity contribution is 5.75. The maximum absolute atomic E-state index is 12.1. The molecule has 3 rings (SSSR count). The van der Waals surface area contributed by atoms with Crippen LogP contribution < -0.4 is 0 Å². The smallest absolute Gasteiger partial charge is 0.410 e. The SMILES string of the molecule is O=C(O)[C@H]1CN(C(=O)OCc2ccccc2)CC12CCC2. The Morgan fingerprint density at radius 1 is 1.29 bits per heavy atom. The number of hydrogen-bond donors (Lipinski definition) is 1. The van der Waals surface area contributed by atoms with Gasteiger partial charge < -0.3 is 14.7 Å². The molecule has 0 bridgehead atoms. The fourth-order valence-electron chi connectivity index (χ4n) is 3.40. The van der Waals surface area contributed by atoms with Crippen molar-refractivity contribution in [3.63, 3.8) is 0 Å². The third kappa shape index (κ3) is 2.60. The number of carbonyl (C=O) groups excluding carboxylic acids is 1. The zero-order valence-corrected chi connectivity index (χ0v) is 11.8. The van der Waals surface area contributed by atoms with Crippen molar-refractivity contribution in [1.29, 1.82) is 0 Å². The third-order valence-electron chi connectivity index (χ3n) is 4.76. The minimum absolute atomic E-state index is 0.211. The summed E-state index contributed by atoms with van der Waals surface area (Å²) >= 11 is 0. The van der Waals surface area contributed by atoms with Crippen molar-refractivity contribution < 1.29 is 19.4 Å². The Morgan fingerprint density at radius 3 is 2.52 bits per heavy atom. The van der Waals surface area contributed by atoms with Crippen LogP contribution in [0.15, 0.2) is 30.3 Å². The van der Waals surface area contributed by atoms with Gasteiger partial charge in [0.1, 0.15) is 6.61 Å². The molecule has 2 aliphatic rings. The van der Waals surface area contributed by atoms with Crippen LogP contribution in [0, 0.1) is 11.3 Å². The van der Waals surface area contributed by atoms with Crippen molar-refractivity contribution in [2.75, 3.05) is 13.1 Å². The molecule has 1 aliphatic carbocycles. The van der Waals surface area contributed by atoms with Crippen molar-refractivity contribution in [1.82, 2.24) is 4.90 Å². The van der Waals surface area contributed by atoms with E-state index in [4.69, 9.17) is 4.74 Å². The molecule has 1 amide bonds. The Bertz CT molecular complexity index is 538. The van der Waals surface area contributed by atoms with E-state index in [2.05, 4.69) is 0 Å². The molecule has 1 aromatic rings. The first-order valence-corrected chi connectivity index (χ1v) is 7.29. The Hall–Kier alpha value is -2.04. The van der Waals surface area contributed by atoms with Crippen molar-refractivity contribution in [2.45, 2.75) is 25.9 Å². The largest absolute Gasteiger partial charge is 0.481 e. The van der Waals surface area contributed by atoms with Crippen LogP contribution in [0.4, 0.5) is 4.79 Å². The maximum Gasteiger partial charge on any atom is 0.410 e. The van der Waals surface area contributed by atoms with Gasteiger partial charge in [-0.05, 0) is 18.4 Å². The van der Waals surface area contributed by atoms with Gasteiger partial charge in [-0.2, -0.15) is 0 Å². The fourth-order valence-corrected chi connectivity index (χ4v) is 3.40. The number of amides is 1. The number of likely N-dealkylation sites (tertiary alicyclic amines) is 1. The summed E-state index contributed by atoms with van der Waals surface area (Å²) in [6.07, 6.45) is 2.43. The molecule has 0 radical (unpaired) electrons. The van der Waals surface area contributed by atoms with Gasteiger partial charge in [0.15, 0.2) is 0 Å². The molecule has 1 heterocycles. The summed E-state index contributed by atoms with van der Waals surface area (Å²) in [5, 5.41) is 9.34. The summed E-state index contributed by atoms with van der Waals surface area (Å²) in [4.78, 5) is 25.1. The van der Waals surface area contributed by atoms with Crippen molar-refractivity contribution >= 4 is 12.1 Å². The van der Waals surface area contributed by atoms with Crippen LogP contribution in [-0.4, -0.2) is 35.2 Å². The number of carbonyl (C=O) groups is 2. The van der Waals surface area contributed by atoms with Crippen molar-refractivity contribution in [3.8, 4) is 0 Å². The van der Waals surface area contributed by atoms with Crippen LogP contribution >= 0.6 is 0 Å². The van der Waals surface area contributed by atoms with E-state index in [0.29, 0.717) is 6.54 Å². The number of aliphatic carboxylic acids is 1. The normalized spacial score (nSPS) is 22.9. The predicted octanol–water partition coefficient (Wildman–Crippen LogP) is 2.51. The summed E-state index contributed by atoms with van der Waals surface area (Å²) in [5.74, 6) is -1.25. The van der Waals surface area contributed by atoms with Gasteiger partial charge in [0.05, 0.1) is 5.92 Å². The standard InChI is InChI=1S/C16H19NO4/c18-14(19)13-9-17(11-16(13)7-4-8-16)15(20)21-10-12-5-2-1-3-6-12/h1-3,5-6,13H,4,7-11H2,(H,18,19)/t13-/m1/s1. The topological polar surface area (TPSA) is 66.8 Å². The number of ether oxygens (including phenoxy) is 1. The molecule has 2 fully saturated rings. The minimum Gasteiger partial charge on any atom is -0.481 e. The third-order valence-corrected chi connectivity index (χ3v) is 4.76. The van der Waals surface area contributed by atoms with Crippen molar-refractivity contribution in [2.24, 2.45) is 11.3 Å². The maximum atomic E-state index is 12.1. The van der Waals surface area contributed by atoms with Gasteiger partial charge >= 0.3 is 12.1 Å². The minimum atomic E-state index is -0.798. The molecule has 1 aromatic carbocycles. The monoisotopic (exact) mass is 289 g/mol. The fraction of sp³-hybridized carbons (Fsp3) is 0.500. The highest BCUT2D eigenvalue weighted by atomic mass is 16.6. The molecule has 1 saturated heterocycles. The van der Waals surface area contributed by atoms with E-state index in [0.717, 1.165) is 24.8 Å². The first-order chi connectivity index (χ1) is 10.1. The van der Waals surface area contributed by atoms with Gasteiger partial charge in [-0.3, -0.25) is 4.79 Å². The van der Waals surface area contributed by atoms with E-state index in [1.54, 1.807) is 4.90 Å². The molecule has 0 unspecified atom stereocenters. The van der Waals surface area contributed by atoms with E-state index < -0.39 is 18.0 Å². The molecule has 5 nitrogen and oxygen atoms in total. The zero-order valence-electron chi connectivity index (χ0n) is 11.8. The lowest BCUT2D eigenvalue weighted by molar-refractivity contribution is -0.146. The lowest BCUT2D eigenvalue weighted by atomic mass is 9.63. The summed E-state index contributed by atoms with van der Waals surface area (Å²) in [5.41, 5.74) is 0.718. The van der Waals surface area contributed by atoms with E-state index in [1.807, 2.05) is 30.3 Å². The quantitative estimate of drug-likeness (QED) is 0.928. The number of carboxylic acids is 1. The lowest BCUT2D eigenvalue weighted by Gasteiger charge is -2.40. The summed E-state index contributed by atoms with van der Waals surface area (Å²) in [7, 11) is 0. The second-order valence-electron chi connectivity index (χ2n) is 6.03. The van der Waals surface area contributed by atoms with Crippen LogP contribution in [-0.2, 0) is 16.1 Å². The summed E-state index contributed by atoms with van der Waals surface area (Å²) < 4.78 is 5.30. The number of carboxylic acid groups (broad SMARTS) is 1. The highest BCUT2D eigenvalue weighted by Gasteiger charge is 2.54. The average Bonchev–Trinajstić information content (AvgIpc) is 2.87. The molecule has 1 spiro atoms. The molecular weight excluding hydrogens is 270 g/mol. The Morgan fingerprint density at radius 2 is 2.00 bits per heavy atom. The Balaban J connectivity index is 1.60. The van der Waals surface area contributed by atoms with Crippen LogP contribution in [0.3, 0.4) is 0 Å². The van der Waals surface area contributed by atoms with Crippen LogP contribution in [0.1, 0.15) is 24.8 Å². The molecule has 0 aromatic heterocycles. The zero-order chi connectivity index (χ0) is 14.9.